The van der Waals surface area contributed by atoms with Crippen molar-refractivity contribution >= 4 is 0 Å². The van der Waals surface area contributed by atoms with E-state index in [2.05, 4.69) is 0 Å². The Kier molecular flexibility index (Phi) is 9.51. The van der Waals surface area contributed by atoms with Crippen molar-refractivity contribution in [3.63, 3.8) is 0 Å². The second-order valence-corrected chi connectivity index (χ2v) is 7.78. The molecule has 4 N–H and O–H groups in total. The van der Waals surface area contributed by atoms with Crippen LogP contribution in [0, 0.1) is 11.8 Å². The van der Waals surface area contributed by atoms with Crippen molar-refractivity contribution in [3.8, 4) is 0 Å². The number of nitrogens with two attached hydrogens (primary N) is 2. The van der Waals surface area contributed by atoms with Crippen LogP contribution in [0.3, 0.4) is 0 Å². The number of hydrogen-bond acceptors (Lipinski definition) is 4. The monoisotopic (exact) mass is 362 g/mol. The molecule has 0 atom stereocenters. The summed E-state index contributed by atoms with van der Waals surface area (Å²) in [6.07, 6.45) is 19.2. The summed E-state index contributed by atoms with van der Waals surface area (Å²) < 4.78 is 11.9. The van der Waals surface area contributed by atoms with E-state index >= 15 is 0 Å². The SMILES string of the molecule is C/C=C(/OCC1CCCCC1)C(N)=CC/C(=C/N)OCC1CCCCC1. The average Bonchev–Trinajstić information content (AvgIpc) is 2.70. The van der Waals surface area contributed by atoms with Gasteiger partial charge in [0.1, 0.15) is 11.5 Å². The molecule has 0 saturated heterocycles. The van der Waals surface area contributed by atoms with Crippen molar-refractivity contribution < 1.29 is 9.47 Å². The lowest BCUT2D eigenvalue weighted by Crippen LogP contribution is -2.15. The summed E-state index contributed by atoms with van der Waals surface area (Å²) in [5, 5.41) is 0. The Hall–Kier alpha value is -1.58. The summed E-state index contributed by atoms with van der Waals surface area (Å²) in [6.45, 7) is 3.51. The highest BCUT2D eigenvalue weighted by Crippen LogP contribution is 2.26. The number of allylic oxidation sites excluding steroid dienone is 2. The molecule has 0 aromatic carbocycles. The molecule has 2 rings (SSSR count). The van der Waals surface area contributed by atoms with E-state index < -0.39 is 0 Å². The van der Waals surface area contributed by atoms with E-state index in [1.165, 1.54) is 64.2 Å². The highest BCUT2D eigenvalue weighted by atomic mass is 16.5. The predicted octanol–water partition coefficient (Wildman–Crippen LogP) is 5.12. The van der Waals surface area contributed by atoms with Crippen molar-refractivity contribution in [1.29, 1.82) is 0 Å². The molecule has 2 fully saturated rings. The molecule has 0 amide bonds. The lowest BCUT2D eigenvalue weighted by Gasteiger charge is -2.23. The van der Waals surface area contributed by atoms with Gasteiger partial charge in [-0.2, -0.15) is 0 Å². The molecule has 148 valence electrons. The highest BCUT2D eigenvalue weighted by molar-refractivity contribution is 5.23. The first kappa shape index (κ1) is 20.7. The van der Waals surface area contributed by atoms with Gasteiger partial charge in [-0.25, -0.2) is 0 Å². The van der Waals surface area contributed by atoms with Crippen LogP contribution in [0.1, 0.15) is 77.6 Å². The molecule has 0 aliphatic heterocycles. The molecule has 0 unspecified atom stereocenters. The number of ether oxygens (including phenoxy) is 2. The molecule has 4 heteroatoms. The molecule has 2 aliphatic rings. The predicted molar refractivity (Wildman–Crippen MR) is 108 cm³/mol. The van der Waals surface area contributed by atoms with Crippen LogP contribution in [0.25, 0.3) is 0 Å². The zero-order valence-corrected chi connectivity index (χ0v) is 16.6. The van der Waals surface area contributed by atoms with Crippen LogP contribution < -0.4 is 11.5 Å². The molecular weight excluding hydrogens is 324 g/mol. The molecule has 0 aromatic heterocycles. The van der Waals surface area contributed by atoms with Gasteiger partial charge in [0, 0.05) is 12.6 Å². The summed E-state index contributed by atoms with van der Waals surface area (Å²) >= 11 is 0. The average molecular weight is 363 g/mol. The Bertz CT molecular complexity index is 484. The highest BCUT2D eigenvalue weighted by Gasteiger charge is 2.16. The maximum atomic E-state index is 6.23. The van der Waals surface area contributed by atoms with Crippen LogP contribution in [0.15, 0.2) is 35.6 Å². The van der Waals surface area contributed by atoms with E-state index in [1.54, 1.807) is 6.20 Å². The minimum absolute atomic E-state index is 0.610. The second kappa shape index (κ2) is 11.9. The van der Waals surface area contributed by atoms with E-state index in [0.29, 0.717) is 24.0 Å². The fourth-order valence-corrected chi connectivity index (χ4v) is 3.96. The largest absolute Gasteiger partial charge is 0.496 e. The first-order valence-electron chi connectivity index (χ1n) is 10.5. The Morgan fingerprint density at radius 1 is 0.885 bits per heavy atom. The van der Waals surface area contributed by atoms with Crippen molar-refractivity contribution in [1.82, 2.24) is 0 Å². The van der Waals surface area contributed by atoms with Crippen LogP contribution >= 0.6 is 0 Å². The molecule has 0 heterocycles. The number of rotatable bonds is 9. The molecule has 0 aromatic rings. The molecule has 26 heavy (non-hydrogen) atoms. The third kappa shape index (κ3) is 7.35. The summed E-state index contributed by atoms with van der Waals surface area (Å²) in [7, 11) is 0. The fraction of sp³-hybridized carbons (Fsp3) is 0.727. The van der Waals surface area contributed by atoms with Crippen molar-refractivity contribution in [2.75, 3.05) is 13.2 Å². The van der Waals surface area contributed by atoms with Crippen LogP contribution in [0.2, 0.25) is 0 Å². The normalized spacial score (nSPS) is 21.7. The summed E-state index contributed by atoms with van der Waals surface area (Å²) in [6, 6.07) is 0. The minimum Gasteiger partial charge on any atom is -0.496 e. The summed E-state index contributed by atoms with van der Waals surface area (Å²) in [5.74, 6) is 2.91. The van der Waals surface area contributed by atoms with Gasteiger partial charge in [0.15, 0.2) is 0 Å². The first-order valence-corrected chi connectivity index (χ1v) is 10.5. The van der Waals surface area contributed by atoms with Gasteiger partial charge in [-0.05, 0) is 50.5 Å². The van der Waals surface area contributed by atoms with Gasteiger partial charge in [0.2, 0.25) is 0 Å². The Morgan fingerprint density at radius 3 is 1.92 bits per heavy atom. The van der Waals surface area contributed by atoms with Crippen molar-refractivity contribution in [2.24, 2.45) is 23.3 Å². The van der Waals surface area contributed by atoms with Gasteiger partial charge < -0.3 is 20.9 Å². The lowest BCUT2D eigenvalue weighted by molar-refractivity contribution is 0.138. The maximum Gasteiger partial charge on any atom is 0.137 e. The molecule has 0 spiro atoms. The van der Waals surface area contributed by atoms with Gasteiger partial charge in [-0.15, -0.1) is 0 Å². The molecule has 4 nitrogen and oxygen atoms in total. The van der Waals surface area contributed by atoms with E-state index in [1.807, 2.05) is 19.1 Å². The molecule has 2 aliphatic carbocycles. The van der Waals surface area contributed by atoms with Crippen LogP contribution in [-0.2, 0) is 9.47 Å². The third-order valence-corrected chi connectivity index (χ3v) is 5.68. The van der Waals surface area contributed by atoms with Crippen molar-refractivity contribution in [3.05, 3.63) is 35.6 Å². The quantitative estimate of drug-likeness (QED) is 0.441. The maximum absolute atomic E-state index is 6.23. The smallest absolute Gasteiger partial charge is 0.137 e. The van der Waals surface area contributed by atoms with E-state index in [0.717, 1.165) is 24.7 Å². The van der Waals surface area contributed by atoms with Crippen LogP contribution in [0.5, 0.6) is 0 Å². The third-order valence-electron chi connectivity index (χ3n) is 5.68. The fourth-order valence-electron chi connectivity index (χ4n) is 3.96. The van der Waals surface area contributed by atoms with E-state index in [-0.39, 0.29) is 0 Å². The van der Waals surface area contributed by atoms with Crippen LogP contribution in [-0.4, -0.2) is 13.2 Å². The molecule has 0 bridgehead atoms. The Balaban J connectivity index is 1.75. The Morgan fingerprint density at radius 2 is 1.42 bits per heavy atom. The lowest BCUT2D eigenvalue weighted by atomic mass is 9.90. The summed E-state index contributed by atoms with van der Waals surface area (Å²) in [5.41, 5.74) is 12.6. The molecule has 0 radical (unpaired) electrons. The van der Waals surface area contributed by atoms with Gasteiger partial charge in [-0.3, -0.25) is 0 Å². The second-order valence-electron chi connectivity index (χ2n) is 7.78. The first-order chi connectivity index (χ1) is 12.7. The van der Waals surface area contributed by atoms with E-state index in [9.17, 15) is 0 Å². The van der Waals surface area contributed by atoms with Gasteiger partial charge in [0.05, 0.1) is 18.9 Å². The Labute approximate surface area is 159 Å². The zero-order chi connectivity index (χ0) is 18.6. The molecule has 2 saturated carbocycles. The van der Waals surface area contributed by atoms with Gasteiger partial charge in [-0.1, -0.05) is 44.6 Å². The van der Waals surface area contributed by atoms with Crippen molar-refractivity contribution in [2.45, 2.75) is 77.6 Å². The standard InChI is InChI=1S/C22H38N2O2/c1-2-22(26-17-19-11-7-4-8-12-19)21(24)14-13-20(15-23)25-16-18-9-5-3-6-10-18/h2,14-15,18-19H,3-13,16-17,23-24H2,1H3/b20-15-,21-14?,22-2+. The van der Waals surface area contributed by atoms with Gasteiger partial charge >= 0.3 is 0 Å². The summed E-state index contributed by atoms with van der Waals surface area (Å²) in [4.78, 5) is 0. The zero-order valence-electron chi connectivity index (χ0n) is 16.6. The van der Waals surface area contributed by atoms with Crippen LogP contribution in [0.4, 0.5) is 0 Å². The van der Waals surface area contributed by atoms with E-state index in [4.69, 9.17) is 20.9 Å². The topological polar surface area (TPSA) is 70.5 Å². The number of hydrogen-bond donors (Lipinski definition) is 2. The minimum atomic E-state index is 0.610. The molecular formula is C22H38N2O2. The van der Waals surface area contributed by atoms with Gasteiger partial charge in [0.25, 0.3) is 0 Å².